The second-order valence-corrected chi connectivity index (χ2v) is 6.89. The lowest BCUT2D eigenvalue weighted by atomic mass is 10.2. The van der Waals surface area contributed by atoms with Gasteiger partial charge in [0.25, 0.3) is 5.56 Å². The first-order valence-electron chi connectivity index (χ1n) is 7.26. The molecule has 3 aromatic rings. The van der Waals surface area contributed by atoms with Crippen molar-refractivity contribution in [3.63, 3.8) is 0 Å². The van der Waals surface area contributed by atoms with Crippen molar-refractivity contribution in [3.8, 4) is 16.3 Å². The molecule has 0 amide bonds. The lowest BCUT2D eigenvalue weighted by molar-refractivity contribution is -0.141. The van der Waals surface area contributed by atoms with Gasteiger partial charge in [-0.05, 0) is 12.1 Å². The lowest BCUT2D eigenvalue weighted by Gasteiger charge is -2.06. The fourth-order valence-electron chi connectivity index (χ4n) is 2.11. The molecule has 1 N–H and O–H groups in total. The Balaban J connectivity index is 1.77. The van der Waals surface area contributed by atoms with Crippen LogP contribution in [0.25, 0.3) is 10.6 Å². The number of H-pyrrole nitrogens is 1. The fourth-order valence-corrected chi connectivity index (χ4v) is 3.83. The van der Waals surface area contributed by atoms with Crippen molar-refractivity contribution >= 4 is 23.1 Å². The van der Waals surface area contributed by atoms with Crippen molar-refractivity contribution < 1.29 is 17.9 Å². The summed E-state index contributed by atoms with van der Waals surface area (Å²) in [4.78, 5) is 21.6. The third-order valence-electron chi connectivity index (χ3n) is 3.26. The number of benzene rings is 1. The van der Waals surface area contributed by atoms with Gasteiger partial charge in [-0.25, -0.2) is 9.97 Å². The fraction of sp³-hybridized carbons (Fsp3) is 0.188. The van der Waals surface area contributed by atoms with Crippen LogP contribution < -0.4 is 10.3 Å². The summed E-state index contributed by atoms with van der Waals surface area (Å²) in [6, 6.07) is 7.85. The van der Waals surface area contributed by atoms with Crippen LogP contribution in [-0.4, -0.2) is 22.1 Å². The number of aromatic amines is 1. The number of hydrogen-bond donors (Lipinski definition) is 1. The van der Waals surface area contributed by atoms with Gasteiger partial charge < -0.3 is 9.72 Å². The molecular weight excluding hydrogens is 387 g/mol. The summed E-state index contributed by atoms with van der Waals surface area (Å²) in [6.45, 7) is 0. The molecule has 1 aromatic carbocycles. The van der Waals surface area contributed by atoms with Gasteiger partial charge in [-0.1, -0.05) is 23.9 Å². The second-order valence-electron chi connectivity index (χ2n) is 5.07. The van der Waals surface area contributed by atoms with Gasteiger partial charge in [0.05, 0.1) is 18.4 Å². The Kier molecular flexibility index (Phi) is 5.33. The van der Waals surface area contributed by atoms with Gasteiger partial charge in [-0.3, -0.25) is 4.79 Å². The number of ether oxygens (including phenoxy) is 1. The molecule has 0 aliphatic carbocycles. The maximum atomic E-state index is 12.7. The molecule has 2 aromatic heterocycles. The molecule has 0 spiro atoms. The predicted octanol–water partition coefficient (Wildman–Crippen LogP) is 4.21. The number of thioether (sulfide) groups is 1. The number of methoxy groups -OCH3 is 1. The van der Waals surface area contributed by atoms with E-state index in [1.807, 2.05) is 24.3 Å². The summed E-state index contributed by atoms with van der Waals surface area (Å²) in [5, 5.41) is 2.45. The Labute approximate surface area is 154 Å². The summed E-state index contributed by atoms with van der Waals surface area (Å²) in [5.74, 6) is 0.959. The van der Waals surface area contributed by atoms with E-state index in [2.05, 4.69) is 15.0 Å². The number of aromatic nitrogens is 3. The zero-order valence-corrected chi connectivity index (χ0v) is 15.0. The van der Waals surface area contributed by atoms with E-state index < -0.39 is 17.4 Å². The van der Waals surface area contributed by atoms with E-state index >= 15 is 0 Å². The molecule has 5 nitrogen and oxygen atoms in total. The minimum Gasteiger partial charge on any atom is -0.496 e. The van der Waals surface area contributed by atoms with Crippen molar-refractivity contribution in [1.82, 2.24) is 15.0 Å². The standard InChI is InChI=1S/C16H12F3N3O2S2/c1-24-11-5-3-2-4-10(11)14-20-9(7-25-14)8-26-15-21-12(16(17,18)19)6-13(23)22-15/h2-7H,8H2,1H3,(H,21,22,23). The van der Waals surface area contributed by atoms with Crippen LogP contribution in [0.4, 0.5) is 13.2 Å². The normalized spacial score (nSPS) is 11.5. The highest BCUT2D eigenvalue weighted by molar-refractivity contribution is 7.98. The highest BCUT2D eigenvalue weighted by Crippen LogP contribution is 2.33. The number of halogens is 3. The lowest BCUT2D eigenvalue weighted by Crippen LogP contribution is -2.16. The van der Waals surface area contributed by atoms with Gasteiger partial charge in [0.15, 0.2) is 10.9 Å². The number of nitrogens with one attached hydrogen (secondary N) is 1. The van der Waals surface area contributed by atoms with Crippen LogP contribution in [0.3, 0.4) is 0 Å². The van der Waals surface area contributed by atoms with Crippen molar-refractivity contribution in [2.75, 3.05) is 7.11 Å². The maximum absolute atomic E-state index is 12.7. The molecule has 0 radical (unpaired) electrons. The quantitative estimate of drug-likeness (QED) is 0.514. The Bertz CT molecular complexity index is 970. The zero-order valence-electron chi connectivity index (χ0n) is 13.3. The molecule has 3 rings (SSSR count). The van der Waals surface area contributed by atoms with Crippen LogP contribution in [0, 0.1) is 0 Å². The highest BCUT2D eigenvalue weighted by Gasteiger charge is 2.33. The molecule has 0 unspecified atom stereocenters. The molecule has 136 valence electrons. The summed E-state index contributed by atoms with van der Waals surface area (Å²) in [6.07, 6.45) is -4.67. The van der Waals surface area contributed by atoms with Crippen molar-refractivity contribution in [2.45, 2.75) is 17.1 Å². The summed E-state index contributed by atoms with van der Waals surface area (Å²) >= 11 is 2.38. The molecule has 0 aliphatic heterocycles. The van der Waals surface area contributed by atoms with Gasteiger partial charge in [0.2, 0.25) is 0 Å². The van der Waals surface area contributed by atoms with Crippen molar-refractivity contribution in [2.24, 2.45) is 0 Å². The van der Waals surface area contributed by atoms with E-state index in [0.29, 0.717) is 17.5 Å². The van der Waals surface area contributed by atoms with Gasteiger partial charge >= 0.3 is 6.18 Å². The van der Waals surface area contributed by atoms with E-state index in [1.54, 1.807) is 12.5 Å². The first kappa shape index (κ1) is 18.5. The SMILES string of the molecule is COc1ccccc1-c1nc(CSc2nc(C(F)(F)F)cc(=O)[nH]2)cs1. The number of hydrogen-bond acceptors (Lipinski definition) is 6. The molecule has 0 saturated carbocycles. The Hall–Kier alpha value is -2.33. The molecule has 0 atom stereocenters. The zero-order chi connectivity index (χ0) is 18.7. The van der Waals surface area contributed by atoms with Gasteiger partial charge in [-0.15, -0.1) is 11.3 Å². The van der Waals surface area contributed by atoms with E-state index in [9.17, 15) is 18.0 Å². The molecule has 0 saturated heterocycles. The van der Waals surface area contributed by atoms with E-state index in [1.165, 1.54) is 11.3 Å². The van der Waals surface area contributed by atoms with Crippen molar-refractivity contribution in [1.29, 1.82) is 0 Å². The molecule has 0 bridgehead atoms. The van der Waals surface area contributed by atoms with Crippen LogP contribution in [0.5, 0.6) is 5.75 Å². The number of thiazole rings is 1. The van der Waals surface area contributed by atoms with Crippen LogP contribution in [-0.2, 0) is 11.9 Å². The van der Waals surface area contributed by atoms with E-state index in [4.69, 9.17) is 4.74 Å². The number of rotatable bonds is 5. The largest absolute Gasteiger partial charge is 0.496 e. The summed E-state index contributed by atoms with van der Waals surface area (Å²) < 4.78 is 43.5. The Morgan fingerprint density at radius 3 is 2.77 bits per heavy atom. The summed E-state index contributed by atoms with van der Waals surface area (Å²) in [7, 11) is 1.57. The molecule has 26 heavy (non-hydrogen) atoms. The molecule has 0 aliphatic rings. The van der Waals surface area contributed by atoms with Crippen LogP contribution in [0.2, 0.25) is 0 Å². The van der Waals surface area contributed by atoms with Gasteiger partial charge in [-0.2, -0.15) is 13.2 Å². The Morgan fingerprint density at radius 1 is 1.27 bits per heavy atom. The topological polar surface area (TPSA) is 67.9 Å². The van der Waals surface area contributed by atoms with Crippen LogP contribution >= 0.6 is 23.1 Å². The minimum atomic E-state index is -4.67. The highest BCUT2D eigenvalue weighted by atomic mass is 32.2. The average Bonchev–Trinajstić information content (AvgIpc) is 3.07. The third-order valence-corrected chi connectivity index (χ3v) is 5.09. The predicted molar refractivity (Wildman–Crippen MR) is 93.5 cm³/mol. The number of alkyl halides is 3. The van der Waals surface area contributed by atoms with E-state index in [-0.39, 0.29) is 10.9 Å². The number of para-hydroxylation sites is 1. The Morgan fingerprint density at radius 2 is 2.04 bits per heavy atom. The van der Waals surface area contributed by atoms with Crippen LogP contribution in [0.15, 0.2) is 45.7 Å². The van der Waals surface area contributed by atoms with Gasteiger partial charge in [0.1, 0.15) is 10.8 Å². The molecule has 0 fully saturated rings. The molecule has 10 heteroatoms. The number of nitrogens with zero attached hydrogens (tertiary/aromatic N) is 2. The average molecular weight is 399 g/mol. The van der Waals surface area contributed by atoms with Crippen molar-refractivity contribution in [3.05, 3.63) is 57.5 Å². The van der Waals surface area contributed by atoms with Gasteiger partial charge in [0, 0.05) is 17.2 Å². The van der Waals surface area contributed by atoms with Crippen LogP contribution in [0.1, 0.15) is 11.4 Å². The first-order chi connectivity index (χ1) is 12.4. The second kappa shape index (κ2) is 7.50. The monoisotopic (exact) mass is 399 g/mol. The summed E-state index contributed by atoms with van der Waals surface area (Å²) in [5.41, 5.74) is -0.553. The smallest absolute Gasteiger partial charge is 0.433 e. The first-order valence-corrected chi connectivity index (χ1v) is 9.12. The minimum absolute atomic E-state index is 0.100. The third kappa shape index (κ3) is 4.25. The maximum Gasteiger partial charge on any atom is 0.433 e. The molecule has 2 heterocycles. The van der Waals surface area contributed by atoms with E-state index in [0.717, 1.165) is 22.3 Å². The molecular formula is C16H12F3N3O2S2.